The maximum absolute atomic E-state index is 7.89. The van der Waals surface area contributed by atoms with Crippen LogP contribution in [-0.4, -0.2) is 0 Å². The molecule has 6 aromatic carbocycles. The van der Waals surface area contributed by atoms with Gasteiger partial charge in [0.2, 0.25) is 0 Å². The first kappa shape index (κ1) is 46.3. The van der Waals surface area contributed by atoms with Crippen LogP contribution in [0.3, 0.4) is 0 Å². The first-order valence-corrected chi connectivity index (χ1v) is 28.8. The van der Waals surface area contributed by atoms with Crippen molar-refractivity contribution < 1.29 is 14.2 Å². The minimum Gasteiger partial charge on any atom is -0.456 e. The molecule has 0 aliphatic carbocycles. The van der Waals surface area contributed by atoms with Gasteiger partial charge in [-0.05, 0) is 145 Å². The third-order valence-electron chi connectivity index (χ3n) is 15.0. The maximum Gasteiger partial charge on any atom is 0.139 e. The van der Waals surface area contributed by atoms with Crippen LogP contribution < -0.4 is 46.0 Å². The molecule has 0 fully saturated rings. The largest absolute Gasteiger partial charge is 0.456 e. The molecule has 0 saturated heterocycles. The molecule has 6 aromatic rings. The highest BCUT2D eigenvalue weighted by molar-refractivity contribution is 7.81. The number of rotatable bonds is 18. The van der Waals surface area contributed by atoms with E-state index in [1.54, 1.807) is 0 Å². The zero-order valence-corrected chi connectivity index (χ0v) is 43.1. The summed E-state index contributed by atoms with van der Waals surface area (Å²) in [6.45, 7) is 14.1. The number of hydrogen-bond acceptors (Lipinski definition) is 3. The van der Waals surface area contributed by atoms with E-state index in [0.717, 1.165) is 53.8 Å². The van der Waals surface area contributed by atoms with Gasteiger partial charge in [-0.25, -0.2) is 0 Å². The minimum atomic E-state index is -1.04. The van der Waals surface area contributed by atoms with E-state index in [4.69, 9.17) is 14.2 Å². The summed E-state index contributed by atoms with van der Waals surface area (Å²) in [4.78, 5) is 0. The Labute approximate surface area is 405 Å². The van der Waals surface area contributed by atoms with E-state index < -0.39 is 15.8 Å². The number of aryl methyl sites for hydroxylation is 4. The third kappa shape index (κ3) is 9.51. The van der Waals surface area contributed by atoms with Crippen molar-refractivity contribution in [2.45, 2.75) is 169 Å². The van der Waals surface area contributed by atoms with Gasteiger partial charge in [0.05, 0.1) is 0 Å². The van der Waals surface area contributed by atoms with Crippen molar-refractivity contribution in [1.82, 2.24) is 0 Å². The monoisotopic (exact) mass is 926 g/mol. The normalized spacial score (nSPS) is 16.5. The van der Waals surface area contributed by atoms with Gasteiger partial charge in [0.15, 0.2) is 0 Å². The molecule has 4 aliphatic rings. The summed E-state index contributed by atoms with van der Waals surface area (Å²) in [6.07, 6.45) is 24.1. The molecule has 0 saturated carbocycles. The zero-order chi connectivity index (χ0) is 46.1. The van der Waals surface area contributed by atoms with Gasteiger partial charge in [0, 0.05) is 48.4 Å². The van der Waals surface area contributed by atoms with Gasteiger partial charge in [-0.2, -0.15) is 0 Å². The Morgan fingerprint density at radius 2 is 0.776 bits per heavy atom. The van der Waals surface area contributed by atoms with E-state index in [0.29, 0.717) is 0 Å². The fraction of sp³-hybridized carbons (Fsp3) is 0.419. The summed E-state index contributed by atoms with van der Waals surface area (Å²) in [7, 11) is -2.07. The van der Waals surface area contributed by atoms with Crippen LogP contribution in [0.2, 0.25) is 0 Å². The predicted molar refractivity (Wildman–Crippen MR) is 288 cm³/mol. The Morgan fingerprint density at radius 3 is 1.19 bits per heavy atom. The SMILES string of the molecule is CCCCCCCCCCc1cc2c3c(c1)C(C)(C)c1cc(CCCCCCCCCC)cc(c1O3)P1c3cc(C)ccc3Oc3ccc(cc31)Cc1ccc3c(c1)P2c1cc(C)ccc1O3. The fourth-order valence-corrected chi connectivity index (χ4v) is 16.7. The van der Waals surface area contributed by atoms with Crippen LogP contribution >= 0.6 is 15.8 Å². The van der Waals surface area contributed by atoms with E-state index in [1.807, 2.05) is 0 Å². The number of benzene rings is 6. The number of ether oxygens (including phenoxy) is 3. The molecular weight excluding hydrogens is 855 g/mol. The first-order chi connectivity index (χ1) is 32.7. The van der Waals surface area contributed by atoms with Crippen LogP contribution in [0.15, 0.2) is 97.1 Å². The molecule has 10 rings (SSSR count). The van der Waals surface area contributed by atoms with Gasteiger partial charge in [0.25, 0.3) is 0 Å². The van der Waals surface area contributed by atoms with E-state index in [2.05, 4.69) is 139 Å². The zero-order valence-electron chi connectivity index (χ0n) is 41.3. The van der Waals surface area contributed by atoms with Gasteiger partial charge in [-0.1, -0.05) is 165 Å². The quantitative estimate of drug-likeness (QED) is 0.0634. The second-order valence-corrected chi connectivity index (χ2v) is 25.0. The van der Waals surface area contributed by atoms with Crippen LogP contribution in [0.5, 0.6) is 34.5 Å². The standard InChI is InChI=1S/C62H72O3P2/c1-7-9-11-13-15-17-19-21-23-44-36-48-60-58(40-44)66-54-33-42(3)25-29-50(54)63-52-31-27-46(38-56(52)66)35-47-28-32-53-57(39-47)67(55-34-43(4)26-30-51(55)64-53)59-41-45(24-22-20-18-16-14-12-10-8-2)37-49(61(59)65-60)62(48,5)6/h25-34,36-41H,7-24,35H2,1-6H3. The summed E-state index contributed by atoms with van der Waals surface area (Å²) in [5.74, 6) is 6.00. The maximum atomic E-state index is 7.89. The molecule has 0 spiro atoms. The van der Waals surface area contributed by atoms with Crippen molar-refractivity contribution >= 4 is 47.7 Å². The molecule has 0 amide bonds. The van der Waals surface area contributed by atoms with Crippen LogP contribution in [0.25, 0.3) is 0 Å². The Bertz CT molecular complexity index is 2580. The van der Waals surface area contributed by atoms with Crippen molar-refractivity contribution in [3.05, 3.63) is 142 Å². The van der Waals surface area contributed by atoms with E-state index in [-0.39, 0.29) is 5.41 Å². The topological polar surface area (TPSA) is 27.7 Å². The van der Waals surface area contributed by atoms with Gasteiger partial charge in [-0.3, -0.25) is 0 Å². The van der Waals surface area contributed by atoms with Crippen LogP contribution in [0.4, 0.5) is 0 Å². The third-order valence-corrected chi connectivity index (χ3v) is 20.0. The molecule has 4 aliphatic heterocycles. The number of unbranched alkanes of at least 4 members (excludes halogenated alkanes) is 14. The second kappa shape index (κ2) is 20.3. The van der Waals surface area contributed by atoms with E-state index in [9.17, 15) is 0 Å². The molecular formula is C62H72O3P2. The molecule has 5 heteroatoms. The molecule has 4 heterocycles. The Kier molecular flexibility index (Phi) is 14.0. The summed E-state index contributed by atoms with van der Waals surface area (Å²) in [5.41, 5.74) is 10.4. The fourth-order valence-electron chi connectivity index (χ4n) is 11.2. The Balaban J connectivity index is 1.16. The van der Waals surface area contributed by atoms with Crippen molar-refractivity contribution in [3.8, 4) is 34.5 Å². The molecule has 67 heavy (non-hydrogen) atoms. The highest BCUT2D eigenvalue weighted by Gasteiger charge is 2.43. The van der Waals surface area contributed by atoms with Crippen molar-refractivity contribution in [2.24, 2.45) is 0 Å². The van der Waals surface area contributed by atoms with Gasteiger partial charge in [0.1, 0.15) is 34.5 Å². The molecule has 0 aromatic heterocycles. The molecule has 348 valence electrons. The average molecular weight is 927 g/mol. The molecule has 6 bridgehead atoms. The summed E-state index contributed by atoms with van der Waals surface area (Å²) in [6, 6.07) is 37.9. The highest BCUT2D eigenvalue weighted by atomic mass is 31.1. The van der Waals surface area contributed by atoms with Crippen molar-refractivity contribution in [1.29, 1.82) is 0 Å². The lowest BCUT2D eigenvalue weighted by atomic mass is 9.74. The lowest BCUT2D eigenvalue weighted by Crippen LogP contribution is -2.35. The van der Waals surface area contributed by atoms with Crippen LogP contribution in [-0.2, 0) is 24.7 Å². The van der Waals surface area contributed by atoms with Crippen LogP contribution in [0.1, 0.15) is 175 Å². The average Bonchev–Trinajstić information content (AvgIpc) is 3.32. The molecule has 0 N–H and O–H groups in total. The summed E-state index contributed by atoms with van der Waals surface area (Å²) >= 11 is 0. The summed E-state index contributed by atoms with van der Waals surface area (Å²) < 4.78 is 21.6. The van der Waals surface area contributed by atoms with E-state index in [1.165, 1.54) is 179 Å². The van der Waals surface area contributed by atoms with Gasteiger partial charge < -0.3 is 14.2 Å². The van der Waals surface area contributed by atoms with Crippen LogP contribution in [0, 0.1) is 13.8 Å². The van der Waals surface area contributed by atoms with E-state index >= 15 is 0 Å². The van der Waals surface area contributed by atoms with Crippen molar-refractivity contribution in [2.75, 3.05) is 0 Å². The first-order valence-electron chi connectivity index (χ1n) is 26.2. The van der Waals surface area contributed by atoms with Crippen molar-refractivity contribution in [3.63, 3.8) is 0 Å². The smallest absolute Gasteiger partial charge is 0.139 e. The Hall–Kier alpha value is -4.42. The second-order valence-electron chi connectivity index (χ2n) is 20.8. The molecule has 0 radical (unpaired) electrons. The number of fused-ring (bicyclic) bond motifs is 8. The molecule has 2 atom stereocenters. The molecule has 2 unspecified atom stereocenters. The number of hydrogen-bond donors (Lipinski definition) is 0. The lowest BCUT2D eigenvalue weighted by molar-refractivity contribution is 0.424. The van der Waals surface area contributed by atoms with Gasteiger partial charge in [-0.15, -0.1) is 0 Å². The minimum absolute atomic E-state index is 0.308. The summed E-state index contributed by atoms with van der Waals surface area (Å²) in [5, 5.41) is 7.81. The highest BCUT2D eigenvalue weighted by Crippen LogP contribution is 2.56. The van der Waals surface area contributed by atoms with Gasteiger partial charge >= 0.3 is 0 Å². The predicted octanol–water partition coefficient (Wildman–Crippen LogP) is 15.7. The Morgan fingerprint density at radius 1 is 0.403 bits per heavy atom. The molecule has 3 nitrogen and oxygen atoms in total. The lowest BCUT2D eigenvalue weighted by Gasteiger charge is -2.41.